The Bertz CT molecular complexity index is 545. The SMILES string of the molecule is CN(Cc1cc(C(F)(F)F)ccc1Cl)C(N)=NC(N)=O. The van der Waals surface area contributed by atoms with Crippen LogP contribution in [0.4, 0.5) is 18.0 Å². The molecular formula is C11H12ClF3N4O. The number of amides is 2. The first-order valence-electron chi connectivity index (χ1n) is 5.31. The van der Waals surface area contributed by atoms with Crippen LogP contribution in [0.1, 0.15) is 11.1 Å². The number of primary amides is 1. The first kappa shape index (κ1) is 16.1. The summed E-state index contributed by atoms with van der Waals surface area (Å²) in [6.07, 6.45) is -4.47. The number of hydrogen-bond acceptors (Lipinski definition) is 1. The van der Waals surface area contributed by atoms with Gasteiger partial charge in [-0.3, -0.25) is 0 Å². The highest BCUT2D eigenvalue weighted by atomic mass is 35.5. The molecule has 0 aliphatic carbocycles. The van der Waals surface area contributed by atoms with Gasteiger partial charge in [0.25, 0.3) is 0 Å². The van der Waals surface area contributed by atoms with E-state index in [0.717, 1.165) is 18.2 Å². The second-order valence-electron chi connectivity index (χ2n) is 3.97. The molecule has 0 aromatic heterocycles. The number of urea groups is 1. The number of nitrogens with two attached hydrogens (primary N) is 2. The van der Waals surface area contributed by atoms with Crippen molar-refractivity contribution in [2.75, 3.05) is 7.05 Å². The van der Waals surface area contributed by atoms with Crippen LogP contribution in [0.15, 0.2) is 23.2 Å². The molecular weight excluding hydrogens is 297 g/mol. The predicted molar refractivity (Wildman–Crippen MR) is 69.1 cm³/mol. The van der Waals surface area contributed by atoms with Crippen LogP contribution in [0.3, 0.4) is 0 Å². The molecule has 0 saturated heterocycles. The van der Waals surface area contributed by atoms with Crippen molar-refractivity contribution in [2.45, 2.75) is 12.7 Å². The maximum absolute atomic E-state index is 12.6. The van der Waals surface area contributed by atoms with Gasteiger partial charge in [0.05, 0.1) is 5.56 Å². The van der Waals surface area contributed by atoms with E-state index in [2.05, 4.69) is 4.99 Å². The van der Waals surface area contributed by atoms with Gasteiger partial charge in [-0.1, -0.05) is 11.6 Å². The number of nitrogens with zero attached hydrogens (tertiary/aromatic N) is 2. The molecule has 0 unspecified atom stereocenters. The fourth-order valence-corrected chi connectivity index (χ4v) is 1.58. The number of carbonyl (C=O) groups is 1. The first-order valence-corrected chi connectivity index (χ1v) is 5.69. The molecule has 0 heterocycles. The molecule has 0 fully saturated rings. The smallest absolute Gasteiger partial charge is 0.369 e. The highest BCUT2D eigenvalue weighted by Gasteiger charge is 2.31. The fourth-order valence-electron chi connectivity index (χ4n) is 1.41. The van der Waals surface area contributed by atoms with E-state index in [-0.39, 0.29) is 23.1 Å². The summed E-state index contributed by atoms with van der Waals surface area (Å²) in [7, 11) is 1.44. The predicted octanol–water partition coefficient (Wildman–Crippen LogP) is 2.18. The molecule has 0 radical (unpaired) electrons. The molecule has 0 saturated carbocycles. The van der Waals surface area contributed by atoms with Crippen LogP contribution in [-0.4, -0.2) is 23.9 Å². The van der Waals surface area contributed by atoms with E-state index >= 15 is 0 Å². The molecule has 0 atom stereocenters. The van der Waals surface area contributed by atoms with Crippen molar-refractivity contribution in [3.63, 3.8) is 0 Å². The van der Waals surface area contributed by atoms with Gasteiger partial charge < -0.3 is 16.4 Å². The van der Waals surface area contributed by atoms with Crippen LogP contribution in [-0.2, 0) is 12.7 Å². The highest BCUT2D eigenvalue weighted by Crippen LogP contribution is 2.32. The number of hydrogen-bond donors (Lipinski definition) is 2. The molecule has 4 N–H and O–H groups in total. The third-order valence-corrected chi connectivity index (χ3v) is 2.77. The summed E-state index contributed by atoms with van der Waals surface area (Å²) in [5.41, 5.74) is 9.65. The Morgan fingerprint density at radius 1 is 1.40 bits per heavy atom. The minimum Gasteiger partial charge on any atom is -0.369 e. The molecule has 5 nitrogen and oxygen atoms in total. The van der Waals surface area contributed by atoms with Crippen LogP contribution < -0.4 is 11.5 Å². The lowest BCUT2D eigenvalue weighted by atomic mass is 10.1. The quantitative estimate of drug-likeness (QED) is 0.648. The Kier molecular flexibility index (Phi) is 4.83. The van der Waals surface area contributed by atoms with Gasteiger partial charge in [-0.05, 0) is 23.8 Å². The van der Waals surface area contributed by atoms with Crippen molar-refractivity contribution in [2.24, 2.45) is 16.5 Å². The van der Waals surface area contributed by atoms with Gasteiger partial charge in [-0.25, -0.2) is 4.79 Å². The lowest BCUT2D eigenvalue weighted by Gasteiger charge is -2.19. The maximum atomic E-state index is 12.6. The van der Waals surface area contributed by atoms with E-state index in [0.29, 0.717) is 0 Å². The number of alkyl halides is 3. The Morgan fingerprint density at radius 3 is 2.50 bits per heavy atom. The molecule has 0 aliphatic heterocycles. The van der Waals surface area contributed by atoms with Gasteiger partial charge in [-0.2, -0.15) is 18.2 Å². The van der Waals surface area contributed by atoms with Gasteiger partial charge in [0.15, 0.2) is 0 Å². The summed E-state index contributed by atoms with van der Waals surface area (Å²) >= 11 is 5.83. The molecule has 20 heavy (non-hydrogen) atoms. The number of guanidine groups is 1. The Balaban J connectivity index is 3.00. The molecule has 110 valence electrons. The molecule has 0 aliphatic rings. The summed E-state index contributed by atoms with van der Waals surface area (Å²) in [4.78, 5) is 15.1. The van der Waals surface area contributed by atoms with Crippen LogP contribution in [0.25, 0.3) is 0 Å². The second kappa shape index (κ2) is 6.00. The normalized spacial score (nSPS) is 12.3. The largest absolute Gasteiger partial charge is 0.416 e. The second-order valence-corrected chi connectivity index (χ2v) is 4.38. The molecule has 1 rings (SSSR count). The van der Waals surface area contributed by atoms with E-state index in [1.807, 2.05) is 0 Å². The van der Waals surface area contributed by atoms with Crippen molar-refractivity contribution in [1.29, 1.82) is 0 Å². The molecule has 9 heteroatoms. The van der Waals surface area contributed by atoms with Crippen molar-refractivity contribution in [1.82, 2.24) is 4.90 Å². The molecule has 1 aromatic rings. The van der Waals surface area contributed by atoms with Gasteiger partial charge in [0, 0.05) is 18.6 Å². The summed E-state index contributed by atoms with van der Waals surface area (Å²) in [6, 6.07) is 1.95. The van der Waals surface area contributed by atoms with Crippen LogP contribution in [0.2, 0.25) is 5.02 Å². The Hall–Kier alpha value is -1.96. The highest BCUT2D eigenvalue weighted by molar-refractivity contribution is 6.31. The van der Waals surface area contributed by atoms with Crippen molar-refractivity contribution in [3.05, 3.63) is 34.3 Å². The van der Waals surface area contributed by atoms with Crippen molar-refractivity contribution < 1.29 is 18.0 Å². The summed E-state index contributed by atoms with van der Waals surface area (Å²) < 4.78 is 37.8. The van der Waals surface area contributed by atoms with Gasteiger partial charge >= 0.3 is 12.2 Å². The standard InChI is InChI=1S/C11H12ClF3N4O/c1-19(9(16)18-10(17)20)5-6-4-7(11(13,14)15)2-3-8(6)12/h2-4H,5H2,1H3,(H4,16,17,18,20). The lowest BCUT2D eigenvalue weighted by molar-refractivity contribution is -0.137. The van der Waals surface area contributed by atoms with E-state index in [1.165, 1.54) is 11.9 Å². The van der Waals surface area contributed by atoms with E-state index in [4.69, 9.17) is 23.1 Å². The van der Waals surface area contributed by atoms with Crippen LogP contribution >= 0.6 is 11.6 Å². The maximum Gasteiger partial charge on any atom is 0.416 e. The van der Waals surface area contributed by atoms with Gasteiger partial charge in [0.2, 0.25) is 5.96 Å². The zero-order valence-electron chi connectivity index (χ0n) is 10.4. The monoisotopic (exact) mass is 308 g/mol. The van der Waals surface area contributed by atoms with Crippen molar-refractivity contribution >= 4 is 23.6 Å². The molecule has 2 amide bonds. The van der Waals surface area contributed by atoms with Gasteiger partial charge in [-0.15, -0.1) is 0 Å². The molecule has 1 aromatic carbocycles. The van der Waals surface area contributed by atoms with E-state index < -0.39 is 17.8 Å². The third kappa shape index (κ3) is 4.30. The minimum atomic E-state index is -4.47. The van der Waals surface area contributed by atoms with Crippen LogP contribution in [0.5, 0.6) is 0 Å². The fraction of sp³-hybridized carbons (Fsp3) is 0.273. The van der Waals surface area contributed by atoms with Crippen molar-refractivity contribution in [3.8, 4) is 0 Å². The average Bonchev–Trinajstić information content (AvgIpc) is 2.29. The molecule has 0 bridgehead atoms. The van der Waals surface area contributed by atoms with Gasteiger partial charge in [0.1, 0.15) is 0 Å². The lowest BCUT2D eigenvalue weighted by Crippen LogP contribution is -2.35. The minimum absolute atomic E-state index is 0.0502. The number of carbonyl (C=O) groups excluding carboxylic acids is 1. The van der Waals surface area contributed by atoms with E-state index in [9.17, 15) is 18.0 Å². The van der Waals surface area contributed by atoms with E-state index in [1.54, 1.807) is 0 Å². The Labute approximate surface area is 118 Å². The third-order valence-electron chi connectivity index (χ3n) is 2.40. The van der Waals surface area contributed by atoms with Crippen LogP contribution in [0, 0.1) is 0 Å². The number of rotatable bonds is 2. The number of aliphatic imine (C=N–C) groups is 1. The number of benzene rings is 1. The summed E-state index contributed by atoms with van der Waals surface area (Å²) in [6.45, 7) is -0.0502. The summed E-state index contributed by atoms with van der Waals surface area (Å²) in [5.74, 6) is -0.217. The zero-order valence-corrected chi connectivity index (χ0v) is 11.2. The summed E-state index contributed by atoms with van der Waals surface area (Å²) in [5, 5.41) is 0.150. The average molecular weight is 309 g/mol. The molecule has 0 spiro atoms. The Morgan fingerprint density at radius 2 is 2.00 bits per heavy atom. The zero-order chi connectivity index (χ0) is 15.5. The number of halogens is 4. The first-order chi connectivity index (χ1) is 9.11. The topological polar surface area (TPSA) is 84.7 Å².